The second-order valence-electron chi connectivity index (χ2n) is 6.16. The Bertz CT molecular complexity index is 411. The molecule has 0 radical (unpaired) electrons. The number of anilines is 1. The van der Waals surface area contributed by atoms with Crippen LogP contribution in [0.5, 0.6) is 0 Å². The van der Waals surface area contributed by atoms with Gasteiger partial charge in [0.15, 0.2) is 0 Å². The molecule has 0 spiro atoms. The Hall–Kier alpha value is -1.06. The highest BCUT2D eigenvalue weighted by Gasteiger charge is 2.35. The summed E-state index contributed by atoms with van der Waals surface area (Å²) in [6.07, 6.45) is 2.28. The van der Waals surface area contributed by atoms with Crippen molar-refractivity contribution < 1.29 is 0 Å². The number of hydrogen-bond donors (Lipinski definition) is 1. The fraction of sp³-hybridized carbons (Fsp3) is 0.625. The first-order chi connectivity index (χ1) is 8.97. The van der Waals surface area contributed by atoms with Gasteiger partial charge in [-0.15, -0.1) is 0 Å². The molecule has 19 heavy (non-hydrogen) atoms. The molecule has 1 aliphatic rings. The third-order valence-corrected chi connectivity index (χ3v) is 4.59. The lowest BCUT2D eigenvalue weighted by Crippen LogP contribution is -2.57. The fourth-order valence-corrected chi connectivity index (χ4v) is 3.15. The summed E-state index contributed by atoms with van der Waals surface area (Å²) in [4.78, 5) is 4.81. The van der Waals surface area contributed by atoms with Crippen molar-refractivity contribution in [2.24, 2.45) is 5.73 Å². The van der Waals surface area contributed by atoms with Crippen LogP contribution in [0.1, 0.15) is 24.0 Å². The van der Waals surface area contributed by atoms with Crippen molar-refractivity contribution in [1.82, 2.24) is 4.90 Å². The maximum absolute atomic E-state index is 6.01. The lowest BCUT2D eigenvalue weighted by Gasteiger charge is -2.46. The minimum absolute atomic E-state index is 0.190. The molecule has 0 saturated carbocycles. The Morgan fingerprint density at radius 2 is 1.63 bits per heavy atom. The van der Waals surface area contributed by atoms with E-state index in [1.807, 2.05) is 0 Å². The molecule has 1 aliphatic heterocycles. The summed E-state index contributed by atoms with van der Waals surface area (Å²) in [7, 11) is 4.30. The molecule has 0 atom stereocenters. The number of nitrogens with zero attached hydrogens (tertiary/aromatic N) is 2. The van der Waals surface area contributed by atoms with Gasteiger partial charge in [-0.05, 0) is 64.0 Å². The zero-order valence-corrected chi connectivity index (χ0v) is 12.7. The number of piperidine rings is 1. The molecule has 2 rings (SSSR count). The summed E-state index contributed by atoms with van der Waals surface area (Å²) < 4.78 is 0. The monoisotopic (exact) mass is 261 g/mol. The summed E-state index contributed by atoms with van der Waals surface area (Å²) >= 11 is 0. The van der Waals surface area contributed by atoms with Crippen LogP contribution in [0, 0.1) is 13.8 Å². The van der Waals surface area contributed by atoms with E-state index in [1.54, 1.807) is 0 Å². The molecule has 3 nitrogen and oxygen atoms in total. The minimum Gasteiger partial charge on any atom is -0.371 e. The second kappa shape index (κ2) is 5.51. The van der Waals surface area contributed by atoms with Crippen LogP contribution in [0.4, 0.5) is 5.69 Å². The van der Waals surface area contributed by atoms with E-state index in [-0.39, 0.29) is 5.54 Å². The standard InChI is InChI=1S/C16H27N3/c1-13-9-14(2)11-15(10-13)19-7-5-16(12-17,6-8-19)18(3)4/h9-11H,5-8,12,17H2,1-4H3. The summed E-state index contributed by atoms with van der Waals surface area (Å²) in [5.74, 6) is 0. The molecular weight excluding hydrogens is 234 g/mol. The molecule has 1 fully saturated rings. The normalized spacial score (nSPS) is 18.9. The third-order valence-electron chi connectivity index (χ3n) is 4.59. The van der Waals surface area contributed by atoms with Gasteiger partial charge in [0, 0.05) is 30.9 Å². The van der Waals surface area contributed by atoms with Crippen molar-refractivity contribution >= 4 is 5.69 Å². The van der Waals surface area contributed by atoms with Gasteiger partial charge in [0.25, 0.3) is 0 Å². The molecule has 1 saturated heterocycles. The van der Waals surface area contributed by atoms with Crippen LogP contribution in [-0.2, 0) is 0 Å². The third kappa shape index (κ3) is 2.93. The molecule has 0 aliphatic carbocycles. The van der Waals surface area contributed by atoms with Crippen molar-refractivity contribution in [3.8, 4) is 0 Å². The van der Waals surface area contributed by atoms with Crippen molar-refractivity contribution in [2.45, 2.75) is 32.2 Å². The summed E-state index contributed by atoms with van der Waals surface area (Å²) in [5, 5.41) is 0. The highest BCUT2D eigenvalue weighted by Crippen LogP contribution is 2.29. The smallest absolute Gasteiger partial charge is 0.0371 e. The van der Waals surface area contributed by atoms with Gasteiger partial charge < -0.3 is 15.5 Å². The maximum atomic E-state index is 6.01. The van der Waals surface area contributed by atoms with Gasteiger partial charge in [-0.1, -0.05) is 6.07 Å². The summed E-state index contributed by atoms with van der Waals surface area (Å²) in [6, 6.07) is 6.81. The maximum Gasteiger partial charge on any atom is 0.0371 e. The molecule has 1 heterocycles. The van der Waals surface area contributed by atoms with Gasteiger partial charge in [-0.2, -0.15) is 0 Å². The van der Waals surface area contributed by atoms with E-state index < -0.39 is 0 Å². The van der Waals surface area contributed by atoms with E-state index in [0.29, 0.717) is 0 Å². The minimum atomic E-state index is 0.190. The molecule has 0 bridgehead atoms. The Labute approximate surface area is 117 Å². The number of hydrogen-bond acceptors (Lipinski definition) is 3. The zero-order valence-electron chi connectivity index (χ0n) is 12.7. The largest absolute Gasteiger partial charge is 0.371 e. The molecule has 3 heteroatoms. The van der Waals surface area contributed by atoms with Crippen molar-refractivity contribution in [1.29, 1.82) is 0 Å². The van der Waals surface area contributed by atoms with Gasteiger partial charge in [0.05, 0.1) is 0 Å². The van der Waals surface area contributed by atoms with Crippen LogP contribution in [0.2, 0.25) is 0 Å². The van der Waals surface area contributed by atoms with Crippen LogP contribution < -0.4 is 10.6 Å². The Morgan fingerprint density at radius 1 is 1.11 bits per heavy atom. The Morgan fingerprint density at radius 3 is 2.05 bits per heavy atom. The van der Waals surface area contributed by atoms with E-state index in [2.05, 4.69) is 55.9 Å². The van der Waals surface area contributed by atoms with Crippen LogP contribution >= 0.6 is 0 Å². The molecule has 1 aromatic rings. The highest BCUT2D eigenvalue weighted by atomic mass is 15.2. The van der Waals surface area contributed by atoms with Gasteiger partial charge in [0.2, 0.25) is 0 Å². The van der Waals surface area contributed by atoms with Gasteiger partial charge in [-0.3, -0.25) is 0 Å². The summed E-state index contributed by atoms with van der Waals surface area (Å²) in [5.41, 5.74) is 10.3. The quantitative estimate of drug-likeness (QED) is 0.905. The molecule has 0 aromatic heterocycles. The molecule has 1 aromatic carbocycles. The molecular formula is C16H27N3. The zero-order chi connectivity index (χ0) is 14.0. The number of likely N-dealkylation sites (N-methyl/N-ethyl adjacent to an activating group) is 1. The average Bonchev–Trinajstić information content (AvgIpc) is 2.37. The fourth-order valence-electron chi connectivity index (χ4n) is 3.15. The second-order valence-corrected chi connectivity index (χ2v) is 6.16. The predicted octanol–water partition coefficient (Wildman–Crippen LogP) is 2.16. The van der Waals surface area contributed by atoms with Crippen LogP contribution in [0.3, 0.4) is 0 Å². The van der Waals surface area contributed by atoms with Crippen molar-refractivity contribution in [3.05, 3.63) is 29.3 Å². The van der Waals surface area contributed by atoms with E-state index >= 15 is 0 Å². The first-order valence-corrected chi connectivity index (χ1v) is 7.18. The Kier molecular flexibility index (Phi) is 4.16. The van der Waals surface area contributed by atoms with Crippen molar-refractivity contribution in [2.75, 3.05) is 38.6 Å². The molecule has 106 valence electrons. The SMILES string of the molecule is Cc1cc(C)cc(N2CCC(CN)(N(C)C)CC2)c1. The molecule has 0 amide bonds. The average molecular weight is 261 g/mol. The number of rotatable bonds is 3. The van der Waals surface area contributed by atoms with Gasteiger partial charge >= 0.3 is 0 Å². The van der Waals surface area contributed by atoms with Gasteiger partial charge in [0.1, 0.15) is 0 Å². The van der Waals surface area contributed by atoms with Crippen LogP contribution in [0.25, 0.3) is 0 Å². The predicted molar refractivity (Wildman–Crippen MR) is 82.8 cm³/mol. The van der Waals surface area contributed by atoms with E-state index in [9.17, 15) is 0 Å². The lowest BCUT2D eigenvalue weighted by atomic mass is 9.86. The molecule has 0 unspecified atom stereocenters. The first-order valence-electron chi connectivity index (χ1n) is 7.18. The lowest BCUT2D eigenvalue weighted by molar-refractivity contribution is 0.125. The first kappa shape index (κ1) is 14.4. The van der Waals surface area contributed by atoms with E-state index in [0.717, 1.165) is 32.5 Å². The topological polar surface area (TPSA) is 32.5 Å². The van der Waals surface area contributed by atoms with Crippen molar-refractivity contribution in [3.63, 3.8) is 0 Å². The number of nitrogens with two attached hydrogens (primary N) is 1. The van der Waals surface area contributed by atoms with E-state index in [1.165, 1.54) is 16.8 Å². The summed E-state index contributed by atoms with van der Waals surface area (Å²) in [6.45, 7) is 7.28. The number of aryl methyl sites for hydroxylation is 2. The van der Waals surface area contributed by atoms with Crippen LogP contribution in [0.15, 0.2) is 18.2 Å². The van der Waals surface area contributed by atoms with Gasteiger partial charge in [-0.25, -0.2) is 0 Å². The van der Waals surface area contributed by atoms with Crippen LogP contribution in [-0.4, -0.2) is 44.2 Å². The molecule has 2 N–H and O–H groups in total. The van der Waals surface area contributed by atoms with E-state index in [4.69, 9.17) is 5.73 Å². The number of benzene rings is 1. The highest BCUT2D eigenvalue weighted by molar-refractivity contribution is 5.51. The Balaban J connectivity index is 2.11.